The van der Waals surface area contributed by atoms with Crippen molar-refractivity contribution in [3.05, 3.63) is 29.8 Å². The largest absolute Gasteiger partial charge is 0.476 e. The van der Waals surface area contributed by atoms with E-state index in [1.807, 2.05) is 6.92 Å². The van der Waals surface area contributed by atoms with Crippen LogP contribution in [-0.4, -0.2) is 28.4 Å². The molecule has 0 unspecified atom stereocenters. The summed E-state index contributed by atoms with van der Waals surface area (Å²) >= 11 is 0. The lowest BCUT2D eigenvalue weighted by Crippen LogP contribution is -2.31. The molecular weight excluding hydrogens is 286 g/mol. The molecule has 0 saturated carbocycles. The highest BCUT2D eigenvalue weighted by atomic mass is 16.4. The van der Waals surface area contributed by atoms with E-state index in [1.165, 1.54) is 6.07 Å². The van der Waals surface area contributed by atoms with Crippen LogP contribution in [0.3, 0.4) is 0 Å². The SMILES string of the molecule is C[C@@H]1CC(=O)NN=C1c1ccc(N/N=C(/C#N)C(=O)O)cc1. The van der Waals surface area contributed by atoms with E-state index in [-0.39, 0.29) is 11.8 Å². The smallest absolute Gasteiger partial charge is 0.367 e. The van der Waals surface area contributed by atoms with Gasteiger partial charge in [0.1, 0.15) is 6.07 Å². The van der Waals surface area contributed by atoms with E-state index >= 15 is 0 Å². The Morgan fingerprint density at radius 3 is 2.73 bits per heavy atom. The lowest BCUT2D eigenvalue weighted by molar-refractivity contribution is -0.129. The molecule has 1 atom stereocenters. The van der Waals surface area contributed by atoms with Crippen LogP contribution < -0.4 is 10.9 Å². The Morgan fingerprint density at radius 1 is 1.50 bits per heavy atom. The third-order valence-electron chi connectivity index (χ3n) is 3.05. The zero-order chi connectivity index (χ0) is 16.1. The summed E-state index contributed by atoms with van der Waals surface area (Å²) < 4.78 is 0. The molecule has 112 valence electrons. The molecule has 1 aliphatic rings. The molecule has 0 aliphatic carbocycles. The molecule has 0 saturated heterocycles. The molecule has 3 N–H and O–H groups in total. The molecule has 1 heterocycles. The quantitative estimate of drug-likeness (QED) is 0.563. The van der Waals surface area contributed by atoms with Crippen molar-refractivity contribution in [2.24, 2.45) is 16.1 Å². The van der Waals surface area contributed by atoms with E-state index in [0.717, 1.165) is 11.3 Å². The van der Waals surface area contributed by atoms with Gasteiger partial charge < -0.3 is 5.11 Å². The Balaban J connectivity index is 2.13. The minimum Gasteiger partial charge on any atom is -0.476 e. The van der Waals surface area contributed by atoms with E-state index in [0.29, 0.717) is 12.1 Å². The molecule has 22 heavy (non-hydrogen) atoms. The first kappa shape index (κ1) is 15.2. The second-order valence-electron chi connectivity index (χ2n) is 4.70. The van der Waals surface area contributed by atoms with Crippen molar-refractivity contribution < 1.29 is 14.7 Å². The Hall–Kier alpha value is -3.21. The van der Waals surface area contributed by atoms with Crippen molar-refractivity contribution >= 4 is 29.0 Å². The number of rotatable bonds is 4. The van der Waals surface area contributed by atoms with Gasteiger partial charge in [0.15, 0.2) is 0 Å². The first-order chi connectivity index (χ1) is 10.5. The van der Waals surface area contributed by atoms with Crippen molar-refractivity contribution in [1.29, 1.82) is 5.26 Å². The number of carboxylic acids is 1. The maximum atomic E-state index is 11.2. The molecule has 0 fully saturated rings. The first-order valence-corrected chi connectivity index (χ1v) is 6.45. The number of carbonyl (C=O) groups excluding carboxylic acids is 1. The number of nitriles is 1. The number of nitrogens with one attached hydrogen (secondary N) is 2. The predicted octanol–water partition coefficient (Wildman–Crippen LogP) is 0.923. The van der Waals surface area contributed by atoms with Crippen LogP contribution in [0.15, 0.2) is 34.5 Å². The van der Waals surface area contributed by atoms with Crippen molar-refractivity contribution in [2.45, 2.75) is 13.3 Å². The fraction of sp³-hybridized carbons (Fsp3) is 0.214. The van der Waals surface area contributed by atoms with Crippen LogP contribution in [0.1, 0.15) is 18.9 Å². The monoisotopic (exact) mass is 299 g/mol. The molecule has 1 amide bonds. The second kappa shape index (κ2) is 6.49. The van der Waals surface area contributed by atoms with E-state index < -0.39 is 11.7 Å². The number of hydrogen-bond donors (Lipinski definition) is 3. The Bertz CT molecular complexity index is 700. The van der Waals surface area contributed by atoms with E-state index in [4.69, 9.17) is 10.4 Å². The highest BCUT2D eigenvalue weighted by Crippen LogP contribution is 2.18. The summed E-state index contributed by atoms with van der Waals surface area (Å²) in [6.45, 7) is 1.92. The third kappa shape index (κ3) is 3.46. The van der Waals surface area contributed by atoms with Gasteiger partial charge >= 0.3 is 5.97 Å². The van der Waals surface area contributed by atoms with Gasteiger partial charge in [-0.15, -0.1) is 0 Å². The molecule has 8 heteroatoms. The average molecular weight is 299 g/mol. The average Bonchev–Trinajstić information content (AvgIpc) is 2.48. The lowest BCUT2D eigenvalue weighted by Gasteiger charge is -2.19. The molecule has 1 aromatic rings. The Morgan fingerprint density at radius 2 is 2.18 bits per heavy atom. The molecule has 1 aliphatic heterocycles. The topological polar surface area (TPSA) is 127 Å². The molecule has 0 aromatic heterocycles. The maximum Gasteiger partial charge on any atom is 0.367 e. The standard InChI is InChI=1S/C14H13N5O3/c1-8-6-12(20)18-19-13(8)9-2-4-10(5-3-9)16-17-11(7-15)14(21)22/h2-5,8,16H,6H2,1H3,(H,18,20)(H,21,22)/b17-11-/t8-/m1/s1. The zero-order valence-corrected chi connectivity index (χ0v) is 11.7. The van der Waals surface area contributed by atoms with Gasteiger partial charge in [0.25, 0.3) is 0 Å². The van der Waals surface area contributed by atoms with Crippen molar-refractivity contribution in [3.8, 4) is 6.07 Å². The van der Waals surface area contributed by atoms with Crippen LogP contribution in [0.25, 0.3) is 0 Å². The summed E-state index contributed by atoms with van der Waals surface area (Å²) in [5, 5.41) is 24.8. The zero-order valence-electron chi connectivity index (χ0n) is 11.7. The summed E-state index contributed by atoms with van der Waals surface area (Å²) in [7, 11) is 0. The predicted molar refractivity (Wildman–Crippen MR) is 79.2 cm³/mol. The van der Waals surface area contributed by atoms with Crippen LogP contribution in [0, 0.1) is 17.2 Å². The van der Waals surface area contributed by atoms with Crippen LogP contribution in [-0.2, 0) is 9.59 Å². The number of benzene rings is 1. The fourth-order valence-corrected chi connectivity index (χ4v) is 1.96. The maximum absolute atomic E-state index is 11.2. The number of nitrogens with zero attached hydrogens (tertiary/aromatic N) is 3. The first-order valence-electron chi connectivity index (χ1n) is 6.45. The van der Waals surface area contributed by atoms with Gasteiger partial charge in [-0.05, 0) is 17.7 Å². The summed E-state index contributed by atoms with van der Waals surface area (Å²) in [6.07, 6.45) is 0.382. The van der Waals surface area contributed by atoms with Gasteiger partial charge in [0.2, 0.25) is 11.6 Å². The van der Waals surface area contributed by atoms with E-state index in [1.54, 1.807) is 24.3 Å². The molecule has 0 bridgehead atoms. The van der Waals surface area contributed by atoms with Gasteiger partial charge in [-0.3, -0.25) is 10.2 Å². The Labute approximate surface area is 126 Å². The molecule has 1 aromatic carbocycles. The van der Waals surface area contributed by atoms with Gasteiger partial charge in [-0.25, -0.2) is 10.2 Å². The van der Waals surface area contributed by atoms with E-state index in [2.05, 4.69) is 21.1 Å². The van der Waals surface area contributed by atoms with Crippen LogP contribution >= 0.6 is 0 Å². The van der Waals surface area contributed by atoms with Gasteiger partial charge in [0.05, 0.1) is 11.4 Å². The number of hydrazone groups is 2. The normalized spacial score (nSPS) is 18.0. The summed E-state index contributed by atoms with van der Waals surface area (Å²) in [5.74, 6) is -1.49. The van der Waals surface area contributed by atoms with Crippen molar-refractivity contribution in [2.75, 3.05) is 5.43 Å². The molecule has 0 spiro atoms. The second-order valence-corrected chi connectivity index (χ2v) is 4.70. The number of carboxylic acid groups (broad SMARTS) is 1. The van der Waals surface area contributed by atoms with Crippen LogP contribution in [0.4, 0.5) is 5.69 Å². The Kier molecular flexibility index (Phi) is 4.48. The molecule has 8 nitrogen and oxygen atoms in total. The highest BCUT2D eigenvalue weighted by Gasteiger charge is 2.21. The van der Waals surface area contributed by atoms with Gasteiger partial charge in [0, 0.05) is 12.3 Å². The number of aliphatic carboxylic acids is 1. The minimum absolute atomic E-state index is 0.0165. The molecule has 0 radical (unpaired) electrons. The fourth-order valence-electron chi connectivity index (χ4n) is 1.96. The van der Waals surface area contributed by atoms with Crippen LogP contribution in [0.5, 0.6) is 0 Å². The number of carbonyl (C=O) groups is 2. The number of amides is 1. The van der Waals surface area contributed by atoms with Gasteiger partial charge in [-0.1, -0.05) is 19.1 Å². The summed E-state index contributed by atoms with van der Waals surface area (Å²) in [5.41, 5.74) is 6.48. The summed E-state index contributed by atoms with van der Waals surface area (Å²) in [6, 6.07) is 8.39. The lowest BCUT2D eigenvalue weighted by atomic mass is 9.94. The van der Waals surface area contributed by atoms with Gasteiger partial charge in [-0.2, -0.15) is 15.5 Å². The molecular formula is C14H13N5O3. The summed E-state index contributed by atoms with van der Waals surface area (Å²) in [4.78, 5) is 21.9. The van der Waals surface area contributed by atoms with Crippen molar-refractivity contribution in [3.63, 3.8) is 0 Å². The molecule has 2 rings (SSSR count). The third-order valence-corrected chi connectivity index (χ3v) is 3.05. The van der Waals surface area contributed by atoms with E-state index in [9.17, 15) is 9.59 Å². The van der Waals surface area contributed by atoms with Crippen LogP contribution in [0.2, 0.25) is 0 Å². The number of hydrogen-bond acceptors (Lipinski definition) is 6. The highest BCUT2D eigenvalue weighted by molar-refractivity contribution is 6.42. The van der Waals surface area contributed by atoms with Crippen molar-refractivity contribution in [1.82, 2.24) is 5.43 Å². The number of anilines is 1. The minimum atomic E-state index is -1.40.